The molecule has 0 aliphatic carbocycles. The Kier molecular flexibility index (Phi) is 5.17. The Morgan fingerprint density at radius 3 is 2.38 bits per heavy atom. The van der Waals surface area contributed by atoms with Crippen LogP contribution in [0.15, 0.2) is 30.3 Å². The van der Waals surface area contributed by atoms with Gasteiger partial charge >= 0.3 is 0 Å². The number of ether oxygens (including phenoxy) is 2. The van der Waals surface area contributed by atoms with Crippen molar-refractivity contribution in [2.75, 3.05) is 20.0 Å². The van der Waals surface area contributed by atoms with Crippen molar-refractivity contribution < 1.29 is 14.6 Å². The first kappa shape index (κ1) is 10.2. The van der Waals surface area contributed by atoms with Crippen molar-refractivity contribution in [3.63, 3.8) is 0 Å². The fourth-order valence-corrected chi connectivity index (χ4v) is 0.947. The van der Waals surface area contributed by atoms with Crippen LogP contribution in [0, 0.1) is 0 Å². The van der Waals surface area contributed by atoms with Crippen LogP contribution in [0.2, 0.25) is 0 Å². The van der Waals surface area contributed by atoms with E-state index >= 15 is 0 Å². The minimum absolute atomic E-state index is 0.241. The molecule has 0 aliphatic heterocycles. The highest BCUT2D eigenvalue weighted by atomic mass is 16.6. The van der Waals surface area contributed by atoms with E-state index in [-0.39, 0.29) is 6.79 Å². The highest BCUT2D eigenvalue weighted by Crippen LogP contribution is 1.99. The number of aliphatic hydroxyl groups is 1. The van der Waals surface area contributed by atoms with Gasteiger partial charge in [0.15, 0.2) is 0 Å². The van der Waals surface area contributed by atoms with E-state index in [2.05, 4.69) is 0 Å². The van der Waals surface area contributed by atoms with Crippen LogP contribution in [0.4, 0.5) is 0 Å². The van der Waals surface area contributed by atoms with Crippen molar-refractivity contribution in [3.8, 4) is 0 Å². The number of hydrogen-bond donors (Lipinski definition) is 1. The monoisotopic (exact) mass is 182 g/mol. The minimum Gasteiger partial charge on any atom is -0.374 e. The third-order valence-corrected chi connectivity index (χ3v) is 1.57. The van der Waals surface area contributed by atoms with Crippen molar-refractivity contribution in [1.82, 2.24) is 0 Å². The molecular weight excluding hydrogens is 168 g/mol. The molecule has 0 atom stereocenters. The van der Waals surface area contributed by atoms with Crippen LogP contribution >= 0.6 is 0 Å². The molecule has 0 aromatic heterocycles. The molecule has 0 unspecified atom stereocenters. The van der Waals surface area contributed by atoms with E-state index < -0.39 is 0 Å². The molecular formula is C10H14O3. The lowest BCUT2D eigenvalue weighted by Crippen LogP contribution is -2.04. The molecule has 0 heterocycles. The average molecular weight is 182 g/mol. The molecule has 0 spiro atoms. The Hall–Kier alpha value is -0.900. The number of aliphatic hydroxyl groups excluding tert-OH is 1. The first-order valence-electron chi connectivity index (χ1n) is 4.24. The van der Waals surface area contributed by atoms with Gasteiger partial charge < -0.3 is 14.6 Å². The summed E-state index contributed by atoms with van der Waals surface area (Å²) < 4.78 is 9.99. The molecule has 0 aliphatic rings. The highest BCUT2D eigenvalue weighted by molar-refractivity contribution is 5.13. The summed E-state index contributed by atoms with van der Waals surface area (Å²) in [6.45, 7) is 1.29. The molecule has 0 saturated carbocycles. The van der Waals surface area contributed by atoms with E-state index in [9.17, 15) is 0 Å². The summed E-state index contributed by atoms with van der Waals surface area (Å²) in [5.74, 6) is 0. The predicted molar refractivity (Wildman–Crippen MR) is 49.1 cm³/mol. The Bertz CT molecular complexity index is 211. The van der Waals surface area contributed by atoms with Crippen LogP contribution in [-0.2, 0) is 16.1 Å². The molecule has 3 nitrogen and oxygen atoms in total. The van der Waals surface area contributed by atoms with Gasteiger partial charge in [0.25, 0.3) is 0 Å². The summed E-state index contributed by atoms with van der Waals surface area (Å²) in [6, 6.07) is 9.93. The molecule has 72 valence electrons. The van der Waals surface area contributed by atoms with Crippen LogP contribution in [0.25, 0.3) is 0 Å². The topological polar surface area (TPSA) is 38.7 Å². The molecule has 0 amide bonds. The molecule has 1 aromatic carbocycles. The molecule has 0 bridgehead atoms. The predicted octanol–water partition coefficient (Wildman–Crippen LogP) is 1.17. The van der Waals surface area contributed by atoms with Crippen LogP contribution in [-0.4, -0.2) is 25.1 Å². The number of hydrogen-bond acceptors (Lipinski definition) is 3. The number of benzene rings is 1. The molecule has 0 radical (unpaired) electrons. The van der Waals surface area contributed by atoms with Crippen molar-refractivity contribution in [3.05, 3.63) is 35.9 Å². The maximum Gasteiger partial charge on any atom is 0.143 e. The lowest BCUT2D eigenvalue weighted by molar-refractivity contribution is -0.0318. The zero-order valence-electron chi connectivity index (χ0n) is 7.48. The van der Waals surface area contributed by atoms with E-state index in [1.165, 1.54) is 0 Å². The molecule has 1 aromatic rings. The van der Waals surface area contributed by atoms with Crippen LogP contribution < -0.4 is 0 Å². The summed E-state index contributed by atoms with van der Waals surface area (Å²) >= 11 is 0. The summed E-state index contributed by atoms with van der Waals surface area (Å²) in [7, 11) is 0. The van der Waals surface area contributed by atoms with Crippen molar-refractivity contribution in [1.29, 1.82) is 0 Å². The third kappa shape index (κ3) is 4.62. The molecule has 0 fully saturated rings. The standard InChI is InChI=1S/C10H14O3/c11-9-13-7-6-12-8-10-4-2-1-3-5-10/h1-5,11H,6-9H2. The van der Waals surface area contributed by atoms with Gasteiger partial charge in [-0.1, -0.05) is 30.3 Å². The lowest BCUT2D eigenvalue weighted by atomic mass is 10.2. The maximum atomic E-state index is 8.30. The van der Waals surface area contributed by atoms with Crippen molar-refractivity contribution in [2.24, 2.45) is 0 Å². The normalized spacial score (nSPS) is 10.2. The SMILES string of the molecule is OCOCCOCc1ccccc1. The van der Waals surface area contributed by atoms with Gasteiger partial charge in [0, 0.05) is 0 Å². The molecule has 1 rings (SSSR count). The van der Waals surface area contributed by atoms with Crippen molar-refractivity contribution in [2.45, 2.75) is 6.61 Å². The quantitative estimate of drug-likeness (QED) is 0.530. The second-order valence-corrected chi connectivity index (χ2v) is 2.58. The molecule has 13 heavy (non-hydrogen) atoms. The minimum atomic E-state index is -0.241. The Morgan fingerprint density at radius 2 is 1.69 bits per heavy atom. The van der Waals surface area contributed by atoms with E-state index in [1.54, 1.807) is 0 Å². The highest BCUT2D eigenvalue weighted by Gasteiger charge is 1.90. The fraction of sp³-hybridized carbons (Fsp3) is 0.400. The zero-order valence-corrected chi connectivity index (χ0v) is 7.48. The first-order valence-corrected chi connectivity index (χ1v) is 4.24. The largest absolute Gasteiger partial charge is 0.374 e. The van der Waals surface area contributed by atoms with Crippen molar-refractivity contribution >= 4 is 0 Å². The van der Waals surface area contributed by atoms with Crippen LogP contribution in [0.3, 0.4) is 0 Å². The Balaban J connectivity index is 2.07. The molecule has 0 saturated heterocycles. The summed E-state index contributed by atoms with van der Waals surface area (Å²) in [5, 5.41) is 8.30. The molecule has 3 heteroatoms. The van der Waals surface area contributed by atoms with Crippen LogP contribution in [0.5, 0.6) is 0 Å². The summed E-state index contributed by atoms with van der Waals surface area (Å²) in [5.41, 5.74) is 1.14. The van der Waals surface area contributed by atoms with Gasteiger partial charge in [0.05, 0.1) is 19.8 Å². The van der Waals surface area contributed by atoms with Gasteiger partial charge in [-0.25, -0.2) is 0 Å². The van der Waals surface area contributed by atoms with E-state index in [1.807, 2.05) is 30.3 Å². The Morgan fingerprint density at radius 1 is 1.00 bits per heavy atom. The lowest BCUT2D eigenvalue weighted by Gasteiger charge is -2.03. The van der Waals surface area contributed by atoms with E-state index in [0.29, 0.717) is 19.8 Å². The maximum absolute atomic E-state index is 8.30. The van der Waals surface area contributed by atoms with Gasteiger partial charge in [-0.3, -0.25) is 0 Å². The second-order valence-electron chi connectivity index (χ2n) is 2.58. The first-order chi connectivity index (χ1) is 6.43. The van der Waals surface area contributed by atoms with Gasteiger partial charge in [0.1, 0.15) is 6.79 Å². The van der Waals surface area contributed by atoms with Gasteiger partial charge in [0.2, 0.25) is 0 Å². The Labute approximate surface area is 77.9 Å². The van der Waals surface area contributed by atoms with E-state index in [0.717, 1.165) is 5.56 Å². The van der Waals surface area contributed by atoms with Gasteiger partial charge in [-0.2, -0.15) is 0 Å². The average Bonchev–Trinajstić information content (AvgIpc) is 2.19. The summed E-state index contributed by atoms with van der Waals surface area (Å²) in [6.07, 6.45) is 0. The fourth-order valence-electron chi connectivity index (χ4n) is 0.947. The summed E-state index contributed by atoms with van der Waals surface area (Å²) in [4.78, 5) is 0. The van der Waals surface area contributed by atoms with E-state index in [4.69, 9.17) is 14.6 Å². The zero-order chi connectivity index (χ0) is 9.36. The van der Waals surface area contributed by atoms with Gasteiger partial charge in [-0.15, -0.1) is 0 Å². The third-order valence-electron chi connectivity index (χ3n) is 1.57. The second kappa shape index (κ2) is 6.60. The molecule has 1 N–H and O–H groups in total. The number of rotatable bonds is 6. The van der Waals surface area contributed by atoms with Crippen LogP contribution in [0.1, 0.15) is 5.56 Å². The van der Waals surface area contributed by atoms with Gasteiger partial charge in [-0.05, 0) is 5.56 Å². The smallest absolute Gasteiger partial charge is 0.143 e.